The number of ether oxygens (including phenoxy) is 6. The first-order valence-electron chi connectivity index (χ1n) is 13.7. The molecule has 0 aromatic carbocycles. The van der Waals surface area contributed by atoms with Crippen LogP contribution in [0.5, 0.6) is 0 Å². The van der Waals surface area contributed by atoms with E-state index in [1.54, 1.807) is 0 Å². The van der Waals surface area contributed by atoms with Crippen LogP contribution in [0.4, 0.5) is 0 Å². The standard InChI is InChI=1S/C6H10O4.C6H8O4.C4H6O2.C4H10O2.C4H8O.C4H10O.2CH4.2H2O/c2*1-9-5(7)3-4-6(8)10-2;5-4-2-1-3-6-4;5-3-1-2-4-6;1-2-4-5-3-1;1-2-3-4-5;;;;/h3-4H2,1-2H3;3-4H,1-2H3;1-3H2;5-6H,1-4H2;1-4H2;5H,2-4H2,1H3;2*1H4;2*1H2/p+2/b;4-3-;;;;;;;;. The molecule has 0 spiro atoms. The summed E-state index contributed by atoms with van der Waals surface area (Å²) in [6.07, 6.45) is 9.73. The van der Waals surface area contributed by atoms with Gasteiger partial charge in [-0.25, -0.2) is 9.59 Å². The molecule has 2 rings (SSSR count). The van der Waals surface area contributed by atoms with Gasteiger partial charge in [0.1, 0.15) is 0 Å². The minimum Gasteiger partial charge on any atom is -0.469 e. The Bertz CT molecular complexity index is 636. The second-order valence-corrected chi connectivity index (χ2v) is 7.91. The minimum absolute atomic E-state index is 0. The molecule has 0 saturated carbocycles. The average molecular weight is 683 g/mol. The summed E-state index contributed by atoms with van der Waals surface area (Å²) in [5.41, 5.74) is 0. The first-order valence-corrected chi connectivity index (χ1v) is 13.7. The van der Waals surface area contributed by atoms with E-state index >= 15 is 0 Å². The molecule has 2 heterocycles. The second-order valence-electron chi connectivity index (χ2n) is 7.91. The number of methoxy groups -OCH3 is 4. The van der Waals surface area contributed by atoms with Crippen molar-refractivity contribution < 1.29 is 81.5 Å². The Balaban J connectivity index is -0.0000000449. The fourth-order valence-electron chi connectivity index (χ4n) is 2.05. The zero-order chi connectivity index (χ0) is 32.9. The maximum atomic E-state index is 10.4. The van der Waals surface area contributed by atoms with Crippen molar-refractivity contribution >= 4 is 29.8 Å². The van der Waals surface area contributed by atoms with Crippen molar-refractivity contribution in [2.45, 2.75) is 86.0 Å². The maximum absolute atomic E-state index is 10.4. The molecule has 2 aliphatic rings. The molecule has 0 radical (unpaired) electrons. The highest BCUT2D eigenvalue weighted by Crippen LogP contribution is 2.01. The van der Waals surface area contributed by atoms with Crippen LogP contribution in [0.1, 0.15) is 88.8 Å². The largest absolute Gasteiger partial charge is 1.00 e. The van der Waals surface area contributed by atoms with Gasteiger partial charge in [-0.1, -0.05) is 28.2 Å². The van der Waals surface area contributed by atoms with Crippen molar-refractivity contribution in [2.24, 2.45) is 0 Å². The molecule has 2 aliphatic heterocycles. The molecular weight excluding hydrogens is 616 g/mol. The summed E-state index contributed by atoms with van der Waals surface area (Å²) in [6, 6.07) is 0. The van der Waals surface area contributed by atoms with E-state index in [1.807, 2.05) is 0 Å². The number of cyclic esters (lactones) is 1. The molecule has 16 heteroatoms. The second kappa shape index (κ2) is 54.3. The number of aliphatic hydroxyl groups excluding tert-OH is 3. The van der Waals surface area contributed by atoms with E-state index in [2.05, 4.69) is 30.6 Å². The molecular formula is C30H66O16+2. The van der Waals surface area contributed by atoms with Gasteiger partial charge in [0.15, 0.2) is 0 Å². The van der Waals surface area contributed by atoms with E-state index in [0.29, 0.717) is 19.6 Å². The Morgan fingerprint density at radius 1 is 0.696 bits per heavy atom. The van der Waals surface area contributed by atoms with E-state index in [0.717, 1.165) is 57.5 Å². The molecule has 280 valence electrons. The zero-order valence-corrected chi connectivity index (χ0v) is 26.8. The topological polar surface area (TPSA) is 264 Å². The SMILES string of the molecule is C.C.C1CCOC1.CCCCO.COC(=O)/C=C\C(=O)OC.COC(=O)CCC(=O)OC.O.O.O=C1CCCO1.OCCCCO.[H+].[H+]. The van der Waals surface area contributed by atoms with Crippen molar-refractivity contribution in [3.05, 3.63) is 12.2 Å². The van der Waals surface area contributed by atoms with Gasteiger partial charge in [0.2, 0.25) is 0 Å². The van der Waals surface area contributed by atoms with Crippen LogP contribution in [0.2, 0.25) is 0 Å². The van der Waals surface area contributed by atoms with Crippen molar-refractivity contribution in [1.82, 2.24) is 0 Å². The van der Waals surface area contributed by atoms with Crippen LogP contribution in [-0.2, 0) is 52.4 Å². The molecule has 0 aromatic heterocycles. The van der Waals surface area contributed by atoms with Gasteiger partial charge in [-0.2, -0.15) is 0 Å². The number of esters is 5. The molecule has 0 bridgehead atoms. The van der Waals surface area contributed by atoms with Gasteiger partial charge in [-0.15, -0.1) is 0 Å². The number of hydrogen-bond acceptors (Lipinski definition) is 14. The Morgan fingerprint density at radius 2 is 1.09 bits per heavy atom. The highest BCUT2D eigenvalue weighted by atomic mass is 16.5. The van der Waals surface area contributed by atoms with Crippen molar-refractivity contribution in [2.75, 3.05) is 68.1 Å². The van der Waals surface area contributed by atoms with E-state index < -0.39 is 23.9 Å². The molecule has 0 amide bonds. The molecule has 0 aromatic rings. The lowest BCUT2D eigenvalue weighted by molar-refractivity contribution is -0.147. The summed E-state index contributed by atoms with van der Waals surface area (Å²) in [4.78, 5) is 51.5. The van der Waals surface area contributed by atoms with Crippen LogP contribution in [0, 0.1) is 0 Å². The summed E-state index contributed by atoms with van der Waals surface area (Å²) >= 11 is 0. The van der Waals surface area contributed by atoms with Crippen molar-refractivity contribution in [3.8, 4) is 0 Å². The monoisotopic (exact) mass is 682 g/mol. The highest BCUT2D eigenvalue weighted by Gasteiger charge is 2.08. The molecule has 0 aliphatic carbocycles. The fraction of sp³-hybridized carbons (Fsp3) is 0.767. The molecule has 16 nitrogen and oxygen atoms in total. The number of carbonyl (C=O) groups is 5. The van der Waals surface area contributed by atoms with Crippen molar-refractivity contribution in [1.29, 1.82) is 0 Å². The molecule has 2 fully saturated rings. The van der Waals surface area contributed by atoms with Gasteiger partial charge >= 0.3 is 32.7 Å². The summed E-state index contributed by atoms with van der Waals surface area (Å²) < 4.78 is 26.5. The molecule has 0 unspecified atom stereocenters. The van der Waals surface area contributed by atoms with Crippen LogP contribution >= 0.6 is 0 Å². The Morgan fingerprint density at radius 3 is 1.24 bits per heavy atom. The smallest absolute Gasteiger partial charge is 0.469 e. The lowest BCUT2D eigenvalue weighted by Crippen LogP contribution is -2.06. The van der Waals surface area contributed by atoms with Crippen LogP contribution < -0.4 is 0 Å². The van der Waals surface area contributed by atoms with E-state index in [-0.39, 0.29) is 60.7 Å². The highest BCUT2D eigenvalue weighted by molar-refractivity contribution is 5.91. The first kappa shape index (κ1) is 61.8. The lowest BCUT2D eigenvalue weighted by Gasteiger charge is -1.96. The first-order chi connectivity index (χ1) is 20.1. The molecule has 46 heavy (non-hydrogen) atoms. The van der Waals surface area contributed by atoms with Crippen LogP contribution in [0.25, 0.3) is 0 Å². The Labute approximate surface area is 277 Å². The fourth-order valence-corrected chi connectivity index (χ4v) is 2.05. The lowest BCUT2D eigenvalue weighted by atomic mass is 10.3. The summed E-state index contributed by atoms with van der Waals surface area (Å²) in [5.74, 6) is -2.00. The third-order valence-electron chi connectivity index (χ3n) is 4.44. The zero-order valence-electron chi connectivity index (χ0n) is 28.8. The van der Waals surface area contributed by atoms with Crippen molar-refractivity contribution in [3.63, 3.8) is 0 Å². The van der Waals surface area contributed by atoms with Gasteiger partial charge < -0.3 is 54.7 Å². The predicted octanol–water partition coefficient (Wildman–Crippen LogP) is 1.50. The average Bonchev–Trinajstić information content (AvgIpc) is 3.76. The van der Waals surface area contributed by atoms with Gasteiger partial charge in [0.05, 0.1) is 47.9 Å². The number of aliphatic hydroxyl groups is 3. The maximum Gasteiger partial charge on any atom is 1.00 e. The molecule has 7 N–H and O–H groups in total. The minimum atomic E-state index is -0.578. The normalized spacial score (nSPS) is 11.3. The molecule has 2 saturated heterocycles. The van der Waals surface area contributed by atoms with E-state index in [9.17, 15) is 24.0 Å². The number of unbranched alkanes of at least 4 members (excludes halogenated alkanes) is 2. The van der Waals surface area contributed by atoms with Gasteiger partial charge in [-0.3, -0.25) is 14.4 Å². The summed E-state index contributed by atoms with van der Waals surface area (Å²) in [5, 5.41) is 24.2. The predicted molar refractivity (Wildman–Crippen MR) is 175 cm³/mol. The summed E-state index contributed by atoms with van der Waals surface area (Å²) in [7, 11) is 5.01. The third-order valence-corrected chi connectivity index (χ3v) is 4.44. The van der Waals surface area contributed by atoms with Gasteiger partial charge in [-0.05, 0) is 38.5 Å². The number of carbonyl (C=O) groups excluding carboxylic acids is 5. The Kier molecular flexibility index (Phi) is 73.0. The van der Waals surface area contributed by atoms with Crippen LogP contribution in [-0.4, -0.2) is 124 Å². The number of hydrogen-bond donors (Lipinski definition) is 3. The summed E-state index contributed by atoms with van der Waals surface area (Å²) in [6.45, 7) is 5.42. The molecule has 0 atom stereocenters. The quantitative estimate of drug-likeness (QED) is 0.128. The van der Waals surface area contributed by atoms with Gasteiger partial charge in [0, 0.05) is 51.6 Å². The van der Waals surface area contributed by atoms with Crippen LogP contribution in [0.3, 0.4) is 0 Å². The third kappa shape index (κ3) is 63.9. The number of rotatable bonds is 10. The Hall–Kier alpha value is -3.15. The van der Waals surface area contributed by atoms with Gasteiger partial charge in [0.25, 0.3) is 0 Å². The van der Waals surface area contributed by atoms with Crippen LogP contribution in [0.15, 0.2) is 12.2 Å². The van der Waals surface area contributed by atoms with E-state index in [4.69, 9.17) is 20.1 Å². The van der Waals surface area contributed by atoms with E-state index in [1.165, 1.54) is 41.3 Å².